The van der Waals surface area contributed by atoms with Crippen molar-refractivity contribution < 1.29 is 0 Å². The second kappa shape index (κ2) is 7.09. The maximum Gasteiger partial charge on any atom is 0.0542 e. The van der Waals surface area contributed by atoms with Crippen LogP contribution in [-0.4, -0.2) is 12.3 Å². The van der Waals surface area contributed by atoms with Crippen molar-refractivity contribution in [3.05, 3.63) is 58.1 Å². The van der Waals surface area contributed by atoms with E-state index in [1.807, 2.05) is 12.1 Å². The van der Waals surface area contributed by atoms with E-state index in [-0.39, 0.29) is 0 Å². The molecule has 0 heterocycles. The van der Waals surface area contributed by atoms with Crippen LogP contribution in [0.4, 0.5) is 5.69 Å². The first-order valence-corrected chi connectivity index (χ1v) is 7.78. The van der Waals surface area contributed by atoms with E-state index in [2.05, 4.69) is 36.5 Å². The molecule has 0 aliphatic rings. The van der Waals surface area contributed by atoms with Crippen LogP contribution in [0, 0.1) is 6.92 Å². The molecule has 0 spiro atoms. The SMILES string of the molecule is Cc1ccc(NCCSc2cc(Cl)ccc2Cl)cc1. The molecule has 0 radical (unpaired) electrons. The molecule has 2 aromatic carbocycles. The van der Waals surface area contributed by atoms with Crippen LogP contribution in [0.15, 0.2) is 47.4 Å². The van der Waals surface area contributed by atoms with Gasteiger partial charge in [-0.2, -0.15) is 0 Å². The first kappa shape index (κ1) is 14.6. The number of anilines is 1. The topological polar surface area (TPSA) is 12.0 Å². The molecular formula is C15H15Cl2NS. The summed E-state index contributed by atoms with van der Waals surface area (Å²) in [4.78, 5) is 1.03. The van der Waals surface area contributed by atoms with Crippen molar-refractivity contribution in [1.82, 2.24) is 0 Å². The Hall–Kier alpha value is -0.830. The largest absolute Gasteiger partial charge is 0.384 e. The van der Waals surface area contributed by atoms with Crippen molar-refractivity contribution in [2.45, 2.75) is 11.8 Å². The summed E-state index contributed by atoms with van der Waals surface area (Å²) in [6.45, 7) is 2.97. The maximum atomic E-state index is 6.11. The number of aryl methyl sites for hydroxylation is 1. The third-order valence-electron chi connectivity index (χ3n) is 2.63. The lowest BCUT2D eigenvalue weighted by atomic mass is 10.2. The molecule has 0 atom stereocenters. The van der Waals surface area contributed by atoms with Gasteiger partial charge in [-0.15, -0.1) is 11.8 Å². The number of hydrogen-bond acceptors (Lipinski definition) is 2. The quantitative estimate of drug-likeness (QED) is 0.577. The fraction of sp³-hybridized carbons (Fsp3) is 0.200. The lowest BCUT2D eigenvalue weighted by Gasteiger charge is -2.07. The second-order valence-corrected chi connectivity index (χ2v) is 6.20. The third kappa shape index (κ3) is 4.64. The van der Waals surface area contributed by atoms with E-state index in [0.29, 0.717) is 0 Å². The van der Waals surface area contributed by atoms with Crippen molar-refractivity contribution in [3.63, 3.8) is 0 Å². The van der Waals surface area contributed by atoms with Gasteiger partial charge in [-0.1, -0.05) is 40.9 Å². The molecule has 0 unspecified atom stereocenters. The van der Waals surface area contributed by atoms with Gasteiger partial charge in [-0.3, -0.25) is 0 Å². The average molecular weight is 312 g/mol. The first-order valence-electron chi connectivity index (χ1n) is 6.03. The van der Waals surface area contributed by atoms with Crippen molar-refractivity contribution >= 4 is 40.7 Å². The summed E-state index contributed by atoms with van der Waals surface area (Å²) in [5, 5.41) is 4.85. The van der Waals surface area contributed by atoms with Gasteiger partial charge in [0.15, 0.2) is 0 Å². The standard InChI is InChI=1S/C15H15Cl2NS/c1-11-2-5-13(6-3-11)18-8-9-19-15-10-12(16)4-7-14(15)17/h2-7,10,18H,8-9H2,1H3. The molecule has 0 aliphatic carbocycles. The highest BCUT2D eigenvalue weighted by atomic mass is 35.5. The van der Waals surface area contributed by atoms with Gasteiger partial charge in [0.05, 0.1) is 5.02 Å². The van der Waals surface area contributed by atoms with Gasteiger partial charge in [0, 0.05) is 27.9 Å². The van der Waals surface area contributed by atoms with Crippen LogP contribution in [0.2, 0.25) is 10.0 Å². The van der Waals surface area contributed by atoms with Crippen molar-refractivity contribution in [3.8, 4) is 0 Å². The molecule has 0 saturated carbocycles. The number of halogens is 2. The monoisotopic (exact) mass is 311 g/mol. The minimum absolute atomic E-state index is 0.721. The highest BCUT2D eigenvalue weighted by Gasteiger charge is 2.01. The summed E-state index contributed by atoms with van der Waals surface area (Å²) in [6.07, 6.45) is 0. The minimum Gasteiger partial charge on any atom is -0.384 e. The van der Waals surface area contributed by atoms with E-state index in [4.69, 9.17) is 23.2 Å². The van der Waals surface area contributed by atoms with E-state index < -0.39 is 0 Å². The molecule has 2 rings (SSSR count). The summed E-state index contributed by atoms with van der Waals surface area (Å²) in [7, 11) is 0. The lowest BCUT2D eigenvalue weighted by molar-refractivity contribution is 1.22. The van der Waals surface area contributed by atoms with Gasteiger partial charge in [0.1, 0.15) is 0 Å². The molecule has 4 heteroatoms. The molecule has 0 fully saturated rings. The first-order chi connectivity index (χ1) is 9.15. The third-order valence-corrected chi connectivity index (χ3v) is 4.37. The molecule has 0 saturated heterocycles. The maximum absolute atomic E-state index is 6.11. The number of hydrogen-bond donors (Lipinski definition) is 1. The lowest BCUT2D eigenvalue weighted by Crippen LogP contribution is -2.03. The number of thioether (sulfide) groups is 1. The molecule has 0 amide bonds. The van der Waals surface area contributed by atoms with Gasteiger partial charge < -0.3 is 5.32 Å². The van der Waals surface area contributed by atoms with Gasteiger partial charge in [0.25, 0.3) is 0 Å². The van der Waals surface area contributed by atoms with Crippen molar-refractivity contribution in [2.24, 2.45) is 0 Å². The highest BCUT2D eigenvalue weighted by Crippen LogP contribution is 2.29. The Morgan fingerprint density at radius 3 is 2.53 bits per heavy atom. The Labute approximate surface area is 128 Å². The fourth-order valence-corrected chi connectivity index (χ4v) is 2.97. The number of rotatable bonds is 5. The van der Waals surface area contributed by atoms with Crippen LogP contribution in [0.5, 0.6) is 0 Å². The Kier molecular flexibility index (Phi) is 5.44. The van der Waals surface area contributed by atoms with E-state index in [1.54, 1.807) is 17.8 Å². The predicted molar refractivity (Wildman–Crippen MR) is 86.9 cm³/mol. The van der Waals surface area contributed by atoms with Gasteiger partial charge in [0.2, 0.25) is 0 Å². The fourth-order valence-electron chi connectivity index (χ4n) is 1.62. The number of nitrogens with one attached hydrogen (secondary N) is 1. The molecule has 0 aliphatic heterocycles. The molecular weight excluding hydrogens is 297 g/mol. The van der Waals surface area contributed by atoms with Gasteiger partial charge in [-0.05, 0) is 37.3 Å². The normalized spacial score (nSPS) is 10.5. The van der Waals surface area contributed by atoms with Gasteiger partial charge >= 0.3 is 0 Å². The zero-order valence-corrected chi connectivity index (χ0v) is 12.9. The summed E-state index contributed by atoms with van der Waals surface area (Å²) in [5.41, 5.74) is 2.41. The Morgan fingerprint density at radius 2 is 1.79 bits per heavy atom. The smallest absolute Gasteiger partial charge is 0.0542 e. The Balaban J connectivity index is 1.80. The summed E-state index contributed by atoms with van der Waals surface area (Å²) >= 11 is 13.8. The van der Waals surface area contributed by atoms with Crippen molar-refractivity contribution in [1.29, 1.82) is 0 Å². The molecule has 0 aromatic heterocycles. The van der Waals surface area contributed by atoms with Crippen LogP contribution in [0.25, 0.3) is 0 Å². The summed E-state index contributed by atoms with van der Waals surface area (Å²) < 4.78 is 0. The predicted octanol–water partition coefficient (Wildman–Crippen LogP) is 5.51. The summed E-state index contributed by atoms with van der Waals surface area (Å²) in [5.74, 6) is 0.938. The molecule has 1 nitrogen and oxygen atoms in total. The van der Waals surface area contributed by atoms with Crippen LogP contribution in [-0.2, 0) is 0 Å². The molecule has 100 valence electrons. The molecule has 2 aromatic rings. The van der Waals surface area contributed by atoms with Crippen LogP contribution in [0.1, 0.15) is 5.56 Å². The minimum atomic E-state index is 0.721. The van der Waals surface area contributed by atoms with Crippen LogP contribution >= 0.6 is 35.0 Å². The Bertz CT molecular complexity index is 540. The molecule has 1 N–H and O–H groups in total. The van der Waals surface area contributed by atoms with E-state index in [9.17, 15) is 0 Å². The second-order valence-electron chi connectivity index (χ2n) is 4.22. The average Bonchev–Trinajstić information content (AvgIpc) is 2.40. The van der Waals surface area contributed by atoms with E-state index >= 15 is 0 Å². The van der Waals surface area contributed by atoms with E-state index in [0.717, 1.165) is 32.9 Å². The van der Waals surface area contributed by atoms with Crippen molar-refractivity contribution in [2.75, 3.05) is 17.6 Å². The van der Waals surface area contributed by atoms with E-state index in [1.165, 1.54) is 5.56 Å². The highest BCUT2D eigenvalue weighted by molar-refractivity contribution is 7.99. The summed E-state index contributed by atoms with van der Waals surface area (Å²) in [6, 6.07) is 13.9. The molecule has 0 bridgehead atoms. The Morgan fingerprint density at radius 1 is 1.05 bits per heavy atom. The zero-order valence-electron chi connectivity index (χ0n) is 10.6. The zero-order chi connectivity index (χ0) is 13.7. The van der Waals surface area contributed by atoms with Gasteiger partial charge in [-0.25, -0.2) is 0 Å². The number of benzene rings is 2. The van der Waals surface area contributed by atoms with Crippen LogP contribution in [0.3, 0.4) is 0 Å². The molecule has 19 heavy (non-hydrogen) atoms. The van der Waals surface area contributed by atoms with Crippen LogP contribution < -0.4 is 5.32 Å².